The number of urea groups is 1. The molecule has 0 spiro atoms. The van der Waals surface area contributed by atoms with Gasteiger partial charge in [0, 0.05) is 37.4 Å². The minimum Gasteiger partial charge on any atom is -0.352 e. The average Bonchev–Trinajstić information content (AvgIpc) is 2.80. The standard InChI is InChI=1S/C24H23F4N5O/c1-15-3-5-18(16(2)13-15)21-7-8-22(31-30-21)32-9-11-33(12-10-32)23(34)29-17-4-6-20(25)19(14-17)24(26,27)28/h3-8,13-14H,9-12H2,1-2H3,(H,29,34). The van der Waals surface area contributed by atoms with Crippen molar-refractivity contribution in [3.63, 3.8) is 0 Å². The number of nitrogens with one attached hydrogen (secondary N) is 1. The summed E-state index contributed by atoms with van der Waals surface area (Å²) in [6.45, 7) is 5.73. The van der Waals surface area contributed by atoms with Gasteiger partial charge in [0.05, 0.1) is 11.3 Å². The van der Waals surface area contributed by atoms with Crippen LogP contribution in [0, 0.1) is 19.7 Å². The lowest BCUT2D eigenvalue weighted by atomic mass is 10.0. The molecule has 34 heavy (non-hydrogen) atoms. The fourth-order valence-corrected chi connectivity index (χ4v) is 3.90. The summed E-state index contributed by atoms with van der Waals surface area (Å²) >= 11 is 0. The molecule has 2 aromatic carbocycles. The molecule has 1 aliphatic rings. The van der Waals surface area contributed by atoms with Gasteiger partial charge in [-0.3, -0.25) is 0 Å². The zero-order chi connectivity index (χ0) is 24.5. The number of amides is 2. The highest BCUT2D eigenvalue weighted by Gasteiger charge is 2.34. The number of rotatable bonds is 3. The first-order valence-electron chi connectivity index (χ1n) is 10.7. The number of nitrogens with zero attached hydrogens (tertiary/aromatic N) is 4. The van der Waals surface area contributed by atoms with Gasteiger partial charge in [0.25, 0.3) is 0 Å². The number of hydrogen-bond donors (Lipinski definition) is 1. The Balaban J connectivity index is 1.36. The van der Waals surface area contributed by atoms with Crippen molar-refractivity contribution >= 4 is 17.5 Å². The van der Waals surface area contributed by atoms with Crippen molar-refractivity contribution in [1.82, 2.24) is 15.1 Å². The van der Waals surface area contributed by atoms with Gasteiger partial charge in [-0.1, -0.05) is 23.8 Å². The summed E-state index contributed by atoms with van der Waals surface area (Å²) in [5.41, 5.74) is 2.54. The Morgan fingerprint density at radius 1 is 0.941 bits per heavy atom. The molecule has 1 aromatic heterocycles. The van der Waals surface area contributed by atoms with E-state index in [9.17, 15) is 22.4 Å². The van der Waals surface area contributed by atoms with Crippen molar-refractivity contribution in [2.75, 3.05) is 36.4 Å². The van der Waals surface area contributed by atoms with Gasteiger partial charge in [-0.15, -0.1) is 10.2 Å². The molecule has 1 saturated heterocycles. The SMILES string of the molecule is Cc1ccc(-c2ccc(N3CCN(C(=O)Nc4ccc(F)c(C(F)(F)F)c4)CC3)nn2)c(C)c1. The van der Waals surface area contributed by atoms with E-state index in [1.54, 1.807) is 0 Å². The molecule has 6 nitrogen and oxygen atoms in total. The second kappa shape index (κ2) is 9.28. The number of benzene rings is 2. The third-order valence-electron chi connectivity index (χ3n) is 5.72. The van der Waals surface area contributed by atoms with Gasteiger partial charge in [0.15, 0.2) is 5.82 Å². The lowest BCUT2D eigenvalue weighted by molar-refractivity contribution is -0.139. The summed E-state index contributed by atoms with van der Waals surface area (Å²) < 4.78 is 52.2. The predicted molar refractivity (Wildman–Crippen MR) is 121 cm³/mol. The van der Waals surface area contributed by atoms with Crippen LogP contribution >= 0.6 is 0 Å². The van der Waals surface area contributed by atoms with Crippen LogP contribution in [-0.4, -0.2) is 47.3 Å². The van der Waals surface area contributed by atoms with E-state index in [1.807, 2.05) is 43.0 Å². The Labute approximate surface area is 194 Å². The van der Waals surface area contributed by atoms with E-state index in [4.69, 9.17) is 0 Å². The number of carbonyl (C=O) groups excluding carboxylic acids is 1. The summed E-state index contributed by atoms with van der Waals surface area (Å²) in [5, 5.41) is 11.1. The second-order valence-electron chi connectivity index (χ2n) is 8.19. The Kier molecular flexibility index (Phi) is 6.41. The number of hydrogen-bond acceptors (Lipinski definition) is 4. The molecule has 0 saturated carbocycles. The van der Waals surface area contributed by atoms with Crippen LogP contribution in [-0.2, 0) is 6.18 Å². The maximum atomic E-state index is 13.5. The average molecular weight is 473 g/mol. The summed E-state index contributed by atoms with van der Waals surface area (Å²) in [6.07, 6.45) is -4.84. The Morgan fingerprint density at radius 2 is 1.68 bits per heavy atom. The van der Waals surface area contributed by atoms with Crippen LogP contribution in [0.3, 0.4) is 0 Å². The number of aryl methyl sites for hydroxylation is 2. The van der Waals surface area contributed by atoms with Gasteiger partial charge < -0.3 is 15.1 Å². The van der Waals surface area contributed by atoms with Crippen LogP contribution in [0.25, 0.3) is 11.3 Å². The van der Waals surface area contributed by atoms with E-state index in [1.165, 1.54) is 10.5 Å². The van der Waals surface area contributed by atoms with Crippen molar-refractivity contribution in [3.8, 4) is 11.3 Å². The number of piperazine rings is 1. The first-order chi connectivity index (χ1) is 16.1. The van der Waals surface area contributed by atoms with Crippen LogP contribution in [0.2, 0.25) is 0 Å². The monoisotopic (exact) mass is 473 g/mol. The molecule has 0 bridgehead atoms. The molecule has 10 heteroatoms. The minimum atomic E-state index is -4.84. The molecule has 1 N–H and O–H groups in total. The van der Waals surface area contributed by atoms with E-state index in [2.05, 4.69) is 21.6 Å². The van der Waals surface area contributed by atoms with E-state index < -0.39 is 23.6 Å². The quantitative estimate of drug-likeness (QED) is 0.527. The number of halogens is 4. The van der Waals surface area contributed by atoms with E-state index in [0.29, 0.717) is 44.1 Å². The molecule has 0 radical (unpaired) electrons. The normalized spacial score (nSPS) is 14.3. The smallest absolute Gasteiger partial charge is 0.352 e. The summed E-state index contributed by atoms with van der Waals surface area (Å²) in [7, 11) is 0. The third-order valence-corrected chi connectivity index (χ3v) is 5.72. The Hall–Kier alpha value is -3.69. The number of aromatic nitrogens is 2. The first-order valence-corrected chi connectivity index (χ1v) is 10.7. The van der Waals surface area contributed by atoms with Gasteiger partial charge in [-0.2, -0.15) is 13.2 Å². The van der Waals surface area contributed by atoms with Crippen molar-refractivity contribution in [2.24, 2.45) is 0 Å². The lowest BCUT2D eigenvalue weighted by Crippen LogP contribution is -2.50. The van der Waals surface area contributed by atoms with Crippen LogP contribution < -0.4 is 10.2 Å². The molecular formula is C24H23F4N5O. The summed E-state index contributed by atoms with van der Waals surface area (Å²) in [6, 6.07) is 11.8. The lowest BCUT2D eigenvalue weighted by Gasteiger charge is -2.35. The number of carbonyl (C=O) groups is 1. The molecule has 2 amide bonds. The van der Waals surface area contributed by atoms with Gasteiger partial charge in [-0.25, -0.2) is 9.18 Å². The number of anilines is 2. The highest BCUT2D eigenvalue weighted by atomic mass is 19.4. The van der Waals surface area contributed by atoms with Crippen molar-refractivity contribution in [2.45, 2.75) is 20.0 Å². The molecule has 178 valence electrons. The topological polar surface area (TPSA) is 61.4 Å². The molecular weight excluding hydrogens is 450 g/mol. The van der Waals surface area contributed by atoms with Gasteiger partial charge in [0.2, 0.25) is 0 Å². The molecule has 1 fully saturated rings. The van der Waals surface area contributed by atoms with Crippen LogP contribution in [0.1, 0.15) is 16.7 Å². The van der Waals surface area contributed by atoms with Crippen LogP contribution in [0.5, 0.6) is 0 Å². The fraction of sp³-hybridized carbons (Fsp3) is 0.292. The largest absolute Gasteiger partial charge is 0.419 e. The molecule has 4 rings (SSSR count). The van der Waals surface area contributed by atoms with Gasteiger partial charge in [0.1, 0.15) is 5.82 Å². The molecule has 0 aliphatic carbocycles. The maximum absolute atomic E-state index is 13.5. The molecule has 2 heterocycles. The maximum Gasteiger partial charge on any atom is 0.419 e. The predicted octanol–water partition coefficient (Wildman–Crippen LogP) is 5.27. The highest BCUT2D eigenvalue weighted by Crippen LogP contribution is 2.33. The second-order valence-corrected chi connectivity index (χ2v) is 8.19. The zero-order valence-corrected chi connectivity index (χ0v) is 18.7. The van der Waals surface area contributed by atoms with Crippen molar-refractivity contribution in [3.05, 3.63) is 71.0 Å². The summed E-state index contributed by atoms with van der Waals surface area (Å²) in [4.78, 5) is 16.0. The summed E-state index contributed by atoms with van der Waals surface area (Å²) in [5.74, 6) is -0.703. The molecule has 0 unspecified atom stereocenters. The van der Waals surface area contributed by atoms with E-state index in [0.717, 1.165) is 22.9 Å². The third kappa shape index (κ3) is 5.11. The molecule has 1 aliphatic heterocycles. The Bertz CT molecular complexity index is 1190. The zero-order valence-electron chi connectivity index (χ0n) is 18.7. The molecule has 0 atom stereocenters. The molecule has 3 aromatic rings. The van der Waals surface area contributed by atoms with Crippen LogP contribution in [0.15, 0.2) is 48.5 Å². The fourth-order valence-electron chi connectivity index (χ4n) is 3.90. The first kappa shape index (κ1) is 23.5. The van der Waals surface area contributed by atoms with Gasteiger partial charge >= 0.3 is 12.2 Å². The van der Waals surface area contributed by atoms with Crippen LogP contribution in [0.4, 0.5) is 33.9 Å². The van der Waals surface area contributed by atoms with Gasteiger partial charge in [-0.05, 0) is 49.7 Å². The minimum absolute atomic E-state index is 0.117. The van der Waals surface area contributed by atoms with E-state index in [-0.39, 0.29) is 5.69 Å². The number of alkyl halides is 3. The van der Waals surface area contributed by atoms with Crippen molar-refractivity contribution in [1.29, 1.82) is 0 Å². The van der Waals surface area contributed by atoms with Crippen molar-refractivity contribution < 1.29 is 22.4 Å². The Morgan fingerprint density at radius 3 is 2.29 bits per heavy atom. The highest BCUT2D eigenvalue weighted by molar-refractivity contribution is 5.89. The van der Waals surface area contributed by atoms with E-state index >= 15 is 0 Å².